The molecule has 0 N–H and O–H groups in total. The van der Waals surface area contributed by atoms with Crippen LogP contribution in [0.2, 0.25) is 5.02 Å². The molecule has 2 aromatic rings. The number of rotatable bonds is 4. The van der Waals surface area contributed by atoms with Crippen LogP contribution in [0.1, 0.15) is 20.8 Å². The van der Waals surface area contributed by atoms with Crippen LogP contribution in [0, 0.1) is 10.1 Å². The van der Waals surface area contributed by atoms with Gasteiger partial charge in [-0.15, -0.1) is 5.10 Å². The molecular weight excluding hydrogens is 330 g/mol. The molecule has 9 nitrogen and oxygen atoms in total. The zero-order chi connectivity index (χ0) is 17.1. The Labute approximate surface area is 134 Å². The van der Waals surface area contributed by atoms with Gasteiger partial charge in [-0.25, -0.2) is 9.59 Å². The minimum atomic E-state index is -0.862. The topological polar surface area (TPSA) is 114 Å². The van der Waals surface area contributed by atoms with Gasteiger partial charge < -0.3 is 9.47 Å². The number of aryl methyl sites for hydroxylation is 1. The predicted molar refractivity (Wildman–Crippen MR) is 77.6 cm³/mol. The lowest BCUT2D eigenvalue weighted by atomic mass is 10.2. The van der Waals surface area contributed by atoms with Crippen LogP contribution >= 0.6 is 11.6 Å². The molecule has 0 aliphatic carbocycles. The maximum absolute atomic E-state index is 12.0. The molecule has 10 heteroatoms. The molecule has 2 rings (SSSR count). The third kappa shape index (κ3) is 3.46. The van der Waals surface area contributed by atoms with Crippen molar-refractivity contribution in [2.24, 2.45) is 7.05 Å². The Morgan fingerprint density at radius 1 is 1.30 bits per heavy atom. The summed E-state index contributed by atoms with van der Waals surface area (Å²) in [5.41, 5.74) is -0.231. The van der Waals surface area contributed by atoms with E-state index in [0.717, 1.165) is 12.1 Å². The molecule has 1 heterocycles. The highest BCUT2D eigenvalue weighted by Crippen LogP contribution is 2.24. The van der Waals surface area contributed by atoms with Crippen molar-refractivity contribution in [2.45, 2.75) is 0 Å². The monoisotopic (exact) mass is 339 g/mol. The number of nitro benzene ring substituents is 1. The molecule has 120 valence electrons. The lowest BCUT2D eigenvalue weighted by Crippen LogP contribution is -2.10. The number of methoxy groups -OCH3 is 1. The van der Waals surface area contributed by atoms with Gasteiger partial charge in [0.1, 0.15) is 5.69 Å². The smallest absolute Gasteiger partial charge is 0.356 e. The Bertz CT molecular complexity index is 801. The largest absolute Gasteiger partial charge is 0.464 e. The number of carbonyl (C=O) groups is 2. The van der Waals surface area contributed by atoms with Crippen LogP contribution in [-0.2, 0) is 11.8 Å². The van der Waals surface area contributed by atoms with Gasteiger partial charge in [-0.2, -0.15) is 0 Å². The molecule has 1 aromatic carbocycles. The van der Waals surface area contributed by atoms with Crippen LogP contribution in [0.4, 0.5) is 5.69 Å². The Kier molecular flexibility index (Phi) is 4.60. The fourth-order valence-electron chi connectivity index (χ4n) is 1.72. The van der Waals surface area contributed by atoms with Gasteiger partial charge in [-0.05, 0) is 6.07 Å². The average molecular weight is 340 g/mol. The number of benzene rings is 1. The first kappa shape index (κ1) is 16.4. The molecule has 1 aromatic heterocycles. The van der Waals surface area contributed by atoms with E-state index in [4.69, 9.17) is 16.3 Å². The van der Waals surface area contributed by atoms with Gasteiger partial charge in [0.05, 0.1) is 22.6 Å². The number of aromatic nitrogens is 2. The molecule has 0 spiro atoms. The molecule has 0 amide bonds. The van der Waals surface area contributed by atoms with Crippen molar-refractivity contribution in [3.63, 3.8) is 0 Å². The fourth-order valence-corrected chi connectivity index (χ4v) is 1.97. The van der Waals surface area contributed by atoms with Crippen LogP contribution in [0.15, 0.2) is 24.3 Å². The number of ether oxygens (including phenoxy) is 2. The number of nitrogens with zero attached hydrogens (tertiary/aromatic N) is 3. The number of nitro groups is 1. The van der Waals surface area contributed by atoms with E-state index in [-0.39, 0.29) is 27.8 Å². The first-order chi connectivity index (χ1) is 10.8. The van der Waals surface area contributed by atoms with E-state index >= 15 is 0 Å². The van der Waals surface area contributed by atoms with Crippen LogP contribution < -0.4 is 4.74 Å². The molecule has 0 bridgehead atoms. The van der Waals surface area contributed by atoms with Crippen molar-refractivity contribution in [1.29, 1.82) is 0 Å². The molecule has 0 saturated heterocycles. The molecule has 0 unspecified atom stereocenters. The normalized spacial score (nSPS) is 10.2. The second-order valence-electron chi connectivity index (χ2n) is 4.29. The summed E-state index contributed by atoms with van der Waals surface area (Å²) in [6.07, 6.45) is 0. The predicted octanol–water partition coefficient (Wildman–Crippen LogP) is 1.99. The molecule has 0 saturated carbocycles. The Balaban J connectivity index is 2.23. The maximum Gasteiger partial charge on any atom is 0.356 e. The van der Waals surface area contributed by atoms with E-state index in [1.807, 2.05) is 0 Å². The van der Waals surface area contributed by atoms with E-state index in [2.05, 4.69) is 9.84 Å². The molecular formula is C13H10ClN3O6. The van der Waals surface area contributed by atoms with Crippen molar-refractivity contribution in [3.8, 4) is 5.88 Å². The Hall–Kier alpha value is -2.94. The fraction of sp³-hybridized carbons (Fsp3) is 0.154. The van der Waals surface area contributed by atoms with E-state index < -0.39 is 16.9 Å². The van der Waals surface area contributed by atoms with Crippen LogP contribution in [0.5, 0.6) is 5.88 Å². The summed E-state index contributed by atoms with van der Waals surface area (Å²) < 4.78 is 10.7. The van der Waals surface area contributed by atoms with Gasteiger partial charge >= 0.3 is 11.9 Å². The van der Waals surface area contributed by atoms with Crippen molar-refractivity contribution < 1.29 is 24.0 Å². The third-order valence-electron chi connectivity index (χ3n) is 2.83. The SMILES string of the molecule is COC(=O)c1cc(OC(=O)c2ccc([N+](=O)[O-])cc2Cl)nn1C. The van der Waals surface area contributed by atoms with Crippen molar-refractivity contribution in [1.82, 2.24) is 9.78 Å². The number of hydrogen-bond donors (Lipinski definition) is 0. The molecule has 0 aliphatic heterocycles. The highest BCUT2D eigenvalue weighted by molar-refractivity contribution is 6.33. The summed E-state index contributed by atoms with van der Waals surface area (Å²) >= 11 is 5.84. The van der Waals surface area contributed by atoms with Crippen molar-refractivity contribution in [3.05, 3.63) is 50.7 Å². The quantitative estimate of drug-likeness (QED) is 0.475. The Morgan fingerprint density at radius 3 is 2.57 bits per heavy atom. The molecule has 0 radical (unpaired) electrons. The Morgan fingerprint density at radius 2 is 2.00 bits per heavy atom. The summed E-state index contributed by atoms with van der Waals surface area (Å²) in [6.45, 7) is 0. The van der Waals surface area contributed by atoms with Crippen LogP contribution in [-0.4, -0.2) is 33.8 Å². The van der Waals surface area contributed by atoms with E-state index in [1.54, 1.807) is 0 Å². The first-order valence-electron chi connectivity index (χ1n) is 6.12. The summed E-state index contributed by atoms with van der Waals surface area (Å²) in [4.78, 5) is 33.5. The zero-order valence-electron chi connectivity index (χ0n) is 12.0. The summed E-state index contributed by atoms with van der Waals surface area (Å²) in [6, 6.07) is 4.56. The first-order valence-corrected chi connectivity index (χ1v) is 6.49. The number of non-ortho nitro benzene ring substituents is 1. The summed E-state index contributed by atoms with van der Waals surface area (Å²) in [5.74, 6) is -1.64. The van der Waals surface area contributed by atoms with Crippen LogP contribution in [0.25, 0.3) is 0 Å². The van der Waals surface area contributed by atoms with E-state index in [9.17, 15) is 19.7 Å². The lowest BCUT2D eigenvalue weighted by Gasteiger charge is -2.03. The standard InChI is InChI=1S/C13H10ClN3O6/c1-16-10(13(19)22-2)6-11(15-16)23-12(18)8-4-3-7(17(20)21)5-9(8)14/h3-6H,1-2H3. The zero-order valence-corrected chi connectivity index (χ0v) is 12.7. The van der Waals surface area contributed by atoms with Gasteiger partial charge in [-0.3, -0.25) is 14.8 Å². The molecule has 0 fully saturated rings. The molecule has 0 aliphatic rings. The van der Waals surface area contributed by atoms with E-state index in [1.165, 1.54) is 31.0 Å². The minimum absolute atomic E-state index is 0.0671. The lowest BCUT2D eigenvalue weighted by molar-refractivity contribution is -0.384. The number of carbonyl (C=O) groups excluding carboxylic acids is 2. The van der Waals surface area contributed by atoms with Gasteiger partial charge in [0, 0.05) is 25.2 Å². The maximum atomic E-state index is 12.0. The molecule has 0 atom stereocenters. The minimum Gasteiger partial charge on any atom is -0.464 e. The number of esters is 2. The third-order valence-corrected chi connectivity index (χ3v) is 3.15. The van der Waals surface area contributed by atoms with E-state index in [0.29, 0.717) is 0 Å². The highest BCUT2D eigenvalue weighted by atomic mass is 35.5. The van der Waals surface area contributed by atoms with Gasteiger partial charge in [0.15, 0.2) is 0 Å². The number of hydrogen-bond acceptors (Lipinski definition) is 7. The number of halogens is 1. The highest BCUT2D eigenvalue weighted by Gasteiger charge is 2.20. The van der Waals surface area contributed by atoms with Gasteiger partial charge in [0.2, 0.25) is 5.88 Å². The van der Waals surface area contributed by atoms with Gasteiger partial charge in [-0.1, -0.05) is 11.6 Å². The second-order valence-corrected chi connectivity index (χ2v) is 4.70. The van der Waals surface area contributed by atoms with Crippen molar-refractivity contribution in [2.75, 3.05) is 7.11 Å². The second kappa shape index (κ2) is 6.44. The van der Waals surface area contributed by atoms with Crippen LogP contribution in [0.3, 0.4) is 0 Å². The molecule has 23 heavy (non-hydrogen) atoms. The van der Waals surface area contributed by atoms with Gasteiger partial charge in [0.25, 0.3) is 5.69 Å². The summed E-state index contributed by atoms with van der Waals surface area (Å²) in [5, 5.41) is 14.3. The van der Waals surface area contributed by atoms with Crippen molar-refractivity contribution >= 4 is 29.2 Å². The summed E-state index contributed by atoms with van der Waals surface area (Å²) in [7, 11) is 2.68. The average Bonchev–Trinajstić information content (AvgIpc) is 2.86.